The predicted octanol–water partition coefficient (Wildman–Crippen LogP) is 3.91. The van der Waals surface area contributed by atoms with Crippen molar-refractivity contribution < 1.29 is 4.39 Å². The van der Waals surface area contributed by atoms with Gasteiger partial charge in [-0.05, 0) is 31.9 Å². The summed E-state index contributed by atoms with van der Waals surface area (Å²) >= 11 is 0. The first-order chi connectivity index (χ1) is 7.63. The second kappa shape index (κ2) is 5.10. The fourth-order valence-electron chi connectivity index (χ4n) is 1.81. The van der Waals surface area contributed by atoms with Crippen LogP contribution in [0.15, 0.2) is 6.07 Å². The lowest BCUT2D eigenvalue weighted by atomic mass is 10.1. The van der Waals surface area contributed by atoms with Crippen LogP contribution in [0.2, 0.25) is 0 Å². The second-order valence-electron chi connectivity index (χ2n) is 3.55. The number of hydrogen-bond acceptors (Lipinski definition) is 1. The van der Waals surface area contributed by atoms with Crippen LogP contribution in [0.25, 0.3) is 11.0 Å². The molecule has 2 aromatic rings. The number of hydrogen-bond donors (Lipinski definition) is 1. The number of aromatic amines is 1. The number of nitrogens with zero attached hydrogens (tertiary/aromatic N) is 1. The molecule has 88 valence electrons. The maximum atomic E-state index is 13.5. The lowest BCUT2D eigenvalue weighted by Crippen LogP contribution is -1.92. The lowest BCUT2D eigenvalue weighted by Gasteiger charge is -2.03. The van der Waals surface area contributed by atoms with E-state index in [9.17, 15) is 4.39 Å². The van der Waals surface area contributed by atoms with Crippen LogP contribution in [0.4, 0.5) is 4.39 Å². The van der Waals surface area contributed by atoms with Gasteiger partial charge in [0, 0.05) is 5.56 Å². The molecule has 3 heteroatoms. The lowest BCUT2D eigenvalue weighted by molar-refractivity contribution is 0.613. The van der Waals surface area contributed by atoms with Crippen LogP contribution in [0.1, 0.15) is 37.7 Å². The van der Waals surface area contributed by atoms with Gasteiger partial charge in [0.05, 0.1) is 11.0 Å². The average Bonchev–Trinajstić information content (AvgIpc) is 2.64. The molecule has 0 atom stereocenters. The molecule has 2 rings (SSSR count). The summed E-state index contributed by atoms with van der Waals surface area (Å²) in [6, 6.07) is 1.56. The molecule has 0 spiro atoms. The summed E-state index contributed by atoms with van der Waals surface area (Å²) in [5.41, 5.74) is 3.36. The summed E-state index contributed by atoms with van der Waals surface area (Å²) in [7, 11) is 0. The highest BCUT2D eigenvalue weighted by atomic mass is 19.1. The van der Waals surface area contributed by atoms with E-state index < -0.39 is 0 Å². The molecule has 0 aliphatic rings. The number of rotatable bonds is 1. The maximum absolute atomic E-state index is 13.5. The smallest absolute Gasteiger partial charge is 0.128 e. The zero-order valence-corrected chi connectivity index (χ0v) is 10.6. The van der Waals surface area contributed by atoms with E-state index in [0.29, 0.717) is 6.42 Å². The molecule has 0 bridgehead atoms. The van der Waals surface area contributed by atoms with Crippen LogP contribution in [-0.4, -0.2) is 9.97 Å². The third-order valence-electron chi connectivity index (χ3n) is 2.48. The maximum Gasteiger partial charge on any atom is 0.128 e. The summed E-state index contributed by atoms with van der Waals surface area (Å²) in [4.78, 5) is 7.45. The topological polar surface area (TPSA) is 28.7 Å². The van der Waals surface area contributed by atoms with Crippen LogP contribution >= 0.6 is 0 Å². The Kier molecular flexibility index (Phi) is 4.05. The molecule has 1 aromatic heterocycles. The molecule has 0 fully saturated rings. The molecule has 1 heterocycles. The first-order valence-electron chi connectivity index (χ1n) is 5.77. The number of halogens is 1. The zero-order chi connectivity index (χ0) is 12.3. The van der Waals surface area contributed by atoms with Gasteiger partial charge < -0.3 is 4.98 Å². The van der Waals surface area contributed by atoms with Crippen molar-refractivity contribution in [2.24, 2.45) is 0 Å². The van der Waals surface area contributed by atoms with Crippen molar-refractivity contribution in [3.05, 3.63) is 28.8 Å². The summed E-state index contributed by atoms with van der Waals surface area (Å²) in [5.74, 6) is 0.699. The van der Waals surface area contributed by atoms with Gasteiger partial charge in [0.25, 0.3) is 0 Å². The number of nitrogens with one attached hydrogen (secondary N) is 1. The number of benzene rings is 1. The predicted molar refractivity (Wildman–Crippen MR) is 66.3 cm³/mol. The number of aromatic nitrogens is 2. The Morgan fingerprint density at radius 2 is 1.94 bits per heavy atom. The fourth-order valence-corrected chi connectivity index (χ4v) is 1.81. The Labute approximate surface area is 95.9 Å². The van der Waals surface area contributed by atoms with Gasteiger partial charge >= 0.3 is 0 Å². The van der Waals surface area contributed by atoms with E-state index >= 15 is 0 Å². The second-order valence-corrected chi connectivity index (χ2v) is 3.55. The van der Waals surface area contributed by atoms with Crippen molar-refractivity contribution >= 4 is 11.0 Å². The highest BCUT2D eigenvalue weighted by Crippen LogP contribution is 2.23. The van der Waals surface area contributed by atoms with Gasteiger partial charge in [-0.2, -0.15) is 0 Å². The van der Waals surface area contributed by atoms with Gasteiger partial charge in [0.15, 0.2) is 0 Å². The molecule has 0 unspecified atom stereocenters. The van der Waals surface area contributed by atoms with E-state index in [4.69, 9.17) is 0 Å². The van der Waals surface area contributed by atoms with Crippen LogP contribution in [0.3, 0.4) is 0 Å². The van der Waals surface area contributed by atoms with Gasteiger partial charge in [-0.3, -0.25) is 0 Å². The van der Waals surface area contributed by atoms with Gasteiger partial charge in [-0.15, -0.1) is 0 Å². The van der Waals surface area contributed by atoms with Crippen LogP contribution in [0, 0.1) is 19.7 Å². The van der Waals surface area contributed by atoms with Crippen molar-refractivity contribution in [2.75, 3.05) is 0 Å². The van der Waals surface area contributed by atoms with Crippen molar-refractivity contribution in [1.29, 1.82) is 0 Å². The minimum Gasteiger partial charge on any atom is -0.342 e. The summed E-state index contributed by atoms with van der Waals surface area (Å²) in [6.07, 6.45) is 0.685. The molecule has 0 radical (unpaired) electrons. The number of imidazole rings is 1. The molecule has 0 aliphatic carbocycles. The van der Waals surface area contributed by atoms with Crippen LogP contribution < -0.4 is 0 Å². The molecule has 0 saturated carbocycles. The Morgan fingerprint density at radius 3 is 2.50 bits per heavy atom. The third-order valence-corrected chi connectivity index (χ3v) is 2.48. The molecule has 0 amide bonds. The molecule has 0 aliphatic heterocycles. The highest BCUT2D eigenvalue weighted by Gasteiger charge is 2.11. The van der Waals surface area contributed by atoms with Crippen molar-refractivity contribution in [1.82, 2.24) is 9.97 Å². The minimum absolute atomic E-state index is 0.138. The van der Waals surface area contributed by atoms with Crippen LogP contribution in [0.5, 0.6) is 0 Å². The monoisotopic (exact) mass is 222 g/mol. The Bertz CT molecular complexity index is 486. The minimum atomic E-state index is -0.138. The van der Waals surface area contributed by atoms with Crippen molar-refractivity contribution in [2.45, 2.75) is 41.0 Å². The molecule has 2 nitrogen and oxygen atoms in total. The summed E-state index contributed by atoms with van der Waals surface area (Å²) in [6.45, 7) is 9.71. The Morgan fingerprint density at radius 1 is 1.31 bits per heavy atom. The SMILES string of the molecule is CC.CCc1c(F)cc(C)c2nc(C)[nH]c12. The van der Waals surface area contributed by atoms with Crippen molar-refractivity contribution in [3.63, 3.8) is 0 Å². The summed E-state index contributed by atoms with van der Waals surface area (Å²) < 4.78 is 13.5. The summed E-state index contributed by atoms with van der Waals surface area (Å²) in [5, 5.41) is 0. The van der Waals surface area contributed by atoms with E-state index in [1.165, 1.54) is 0 Å². The fraction of sp³-hybridized carbons (Fsp3) is 0.462. The van der Waals surface area contributed by atoms with E-state index in [1.54, 1.807) is 6.07 Å². The average molecular weight is 222 g/mol. The third kappa shape index (κ3) is 2.08. The number of aryl methyl sites for hydroxylation is 3. The van der Waals surface area contributed by atoms with E-state index in [1.807, 2.05) is 34.6 Å². The largest absolute Gasteiger partial charge is 0.342 e. The Hall–Kier alpha value is -1.38. The first-order valence-corrected chi connectivity index (χ1v) is 5.77. The van der Waals surface area contributed by atoms with Gasteiger partial charge in [0.2, 0.25) is 0 Å². The van der Waals surface area contributed by atoms with Crippen LogP contribution in [-0.2, 0) is 6.42 Å². The molecular weight excluding hydrogens is 203 g/mol. The molecule has 1 aromatic carbocycles. The van der Waals surface area contributed by atoms with E-state index in [0.717, 1.165) is 28.0 Å². The highest BCUT2D eigenvalue weighted by molar-refractivity contribution is 5.82. The first kappa shape index (κ1) is 12.7. The molecule has 16 heavy (non-hydrogen) atoms. The Balaban J connectivity index is 0.000000606. The quantitative estimate of drug-likeness (QED) is 0.778. The van der Waals surface area contributed by atoms with Gasteiger partial charge in [-0.1, -0.05) is 20.8 Å². The van der Waals surface area contributed by atoms with E-state index in [-0.39, 0.29) is 5.82 Å². The molecular formula is C13H19FN2. The normalized spacial score (nSPS) is 10.1. The molecule has 0 saturated heterocycles. The standard InChI is InChI=1S/C11H13FN2.C2H6/c1-4-8-9(12)5-6(2)10-11(8)14-7(3)13-10;1-2/h5H,4H2,1-3H3,(H,13,14);1-2H3. The zero-order valence-electron chi connectivity index (χ0n) is 10.6. The van der Waals surface area contributed by atoms with Crippen molar-refractivity contribution in [3.8, 4) is 0 Å². The van der Waals surface area contributed by atoms with E-state index in [2.05, 4.69) is 9.97 Å². The van der Waals surface area contributed by atoms with Gasteiger partial charge in [-0.25, -0.2) is 9.37 Å². The van der Waals surface area contributed by atoms with Gasteiger partial charge in [0.1, 0.15) is 11.6 Å². The number of fused-ring (bicyclic) bond motifs is 1. The number of H-pyrrole nitrogens is 1. The molecule has 1 N–H and O–H groups in total.